The molecule has 1 aliphatic heterocycles. The minimum absolute atomic E-state index is 0.427. The van der Waals surface area contributed by atoms with E-state index in [1.54, 1.807) is 0 Å². The van der Waals surface area contributed by atoms with Gasteiger partial charge in [0.25, 0.3) is 0 Å². The van der Waals surface area contributed by atoms with Crippen molar-refractivity contribution in [2.75, 3.05) is 4.90 Å². The molecule has 7 rings (SSSR count). The Morgan fingerprint density at radius 3 is 2.31 bits per heavy atom. The number of hydrogen-bond acceptors (Lipinski definition) is 2. The quantitative estimate of drug-likeness (QED) is 0.347. The topological polar surface area (TPSA) is 44.9 Å². The molecular formula is C32H22N4. The Hall–Kier alpha value is -4.96. The van der Waals surface area contributed by atoms with E-state index in [1.807, 2.05) is 59.6 Å². The lowest BCUT2D eigenvalue weighted by Gasteiger charge is -2.19. The summed E-state index contributed by atoms with van der Waals surface area (Å²) in [6.07, 6.45) is 1.81. The van der Waals surface area contributed by atoms with Crippen molar-refractivity contribution in [1.82, 2.24) is 9.55 Å². The van der Waals surface area contributed by atoms with Gasteiger partial charge in [0.1, 0.15) is 5.84 Å². The van der Waals surface area contributed by atoms with Crippen LogP contribution in [0.15, 0.2) is 115 Å². The molecule has 0 bridgehead atoms. The molecule has 4 heteroatoms. The molecule has 0 saturated heterocycles. The van der Waals surface area contributed by atoms with Gasteiger partial charge < -0.3 is 4.57 Å². The number of amidine groups is 1. The molecule has 0 radical (unpaired) electrons. The number of benzene rings is 4. The molecule has 2 aromatic heterocycles. The minimum Gasteiger partial charge on any atom is -0.306 e. The Bertz CT molecular complexity index is 1930. The monoisotopic (exact) mass is 462 g/mol. The zero-order valence-corrected chi connectivity index (χ0v) is 19.5. The molecule has 1 N–H and O–H groups in total. The minimum atomic E-state index is 0.427. The van der Waals surface area contributed by atoms with E-state index in [-0.39, 0.29) is 0 Å². The fourth-order valence-electron chi connectivity index (χ4n) is 5.42. The first-order valence-corrected chi connectivity index (χ1v) is 11.9. The maximum absolute atomic E-state index is 9.44. The molecule has 0 saturated carbocycles. The highest BCUT2D eigenvalue weighted by atomic mass is 15.2. The van der Waals surface area contributed by atoms with Gasteiger partial charge in [-0.2, -0.15) is 0 Å². The Labute approximate surface area is 208 Å². The predicted molar refractivity (Wildman–Crippen MR) is 149 cm³/mol. The molecule has 0 spiro atoms. The summed E-state index contributed by atoms with van der Waals surface area (Å²) in [4.78, 5) is 6.73. The lowest BCUT2D eigenvalue weighted by molar-refractivity contribution is 1.08. The number of hydrogen-bond donors (Lipinski definition) is 1. The molecule has 4 aromatic carbocycles. The zero-order valence-electron chi connectivity index (χ0n) is 19.5. The van der Waals surface area contributed by atoms with Gasteiger partial charge in [0, 0.05) is 28.1 Å². The number of para-hydroxylation sites is 2. The number of pyridine rings is 1. The summed E-state index contributed by atoms with van der Waals surface area (Å²) in [5, 5.41) is 13.5. The summed E-state index contributed by atoms with van der Waals surface area (Å²) in [6, 6.07) is 37.1. The molecule has 1 aliphatic rings. The summed E-state index contributed by atoms with van der Waals surface area (Å²) in [5.41, 5.74) is 6.69. The number of nitrogens with zero attached hydrogens (tertiary/aromatic N) is 3. The van der Waals surface area contributed by atoms with Crippen molar-refractivity contribution >= 4 is 51.2 Å². The van der Waals surface area contributed by atoms with Crippen molar-refractivity contribution in [3.8, 4) is 5.69 Å². The van der Waals surface area contributed by atoms with Crippen LogP contribution in [0.3, 0.4) is 0 Å². The molecule has 3 heterocycles. The van der Waals surface area contributed by atoms with Crippen LogP contribution in [0.1, 0.15) is 5.56 Å². The third-order valence-electron chi connectivity index (χ3n) is 6.96. The smallest absolute Gasteiger partial charge is 0.140 e. The average molecular weight is 463 g/mol. The summed E-state index contributed by atoms with van der Waals surface area (Å²) in [5.74, 6) is 0.427. The van der Waals surface area contributed by atoms with Crippen LogP contribution in [0.2, 0.25) is 0 Å². The molecule has 0 atom stereocenters. The summed E-state index contributed by atoms with van der Waals surface area (Å²) < 4.78 is 2.24. The van der Waals surface area contributed by atoms with Crippen molar-refractivity contribution < 1.29 is 0 Å². The van der Waals surface area contributed by atoms with Crippen molar-refractivity contribution in [2.45, 2.75) is 0 Å². The molecule has 4 nitrogen and oxygen atoms in total. The average Bonchev–Trinajstić information content (AvgIpc) is 3.38. The van der Waals surface area contributed by atoms with Gasteiger partial charge in [-0.25, -0.2) is 0 Å². The number of nitrogens with one attached hydrogen (secondary N) is 1. The van der Waals surface area contributed by atoms with E-state index in [4.69, 9.17) is 4.98 Å². The number of rotatable bonds is 2. The van der Waals surface area contributed by atoms with E-state index in [1.165, 1.54) is 0 Å². The third kappa shape index (κ3) is 2.82. The van der Waals surface area contributed by atoms with Crippen molar-refractivity contribution in [3.05, 3.63) is 132 Å². The zero-order chi connectivity index (χ0) is 24.2. The number of anilines is 2. The van der Waals surface area contributed by atoms with Crippen LogP contribution in [0.25, 0.3) is 39.6 Å². The van der Waals surface area contributed by atoms with Gasteiger partial charge in [0.2, 0.25) is 0 Å². The van der Waals surface area contributed by atoms with Crippen LogP contribution < -0.4 is 15.5 Å². The number of fused-ring (bicyclic) bond motifs is 3. The third-order valence-corrected chi connectivity index (χ3v) is 6.96. The van der Waals surface area contributed by atoms with Gasteiger partial charge in [-0.15, -0.1) is 0 Å². The van der Waals surface area contributed by atoms with Gasteiger partial charge in [-0.3, -0.25) is 15.3 Å². The first-order valence-electron chi connectivity index (χ1n) is 11.9. The SMILES string of the molecule is C=c1/c(=C2\C(=N)N(c3ccccc3)c3ccccc32)n(-c2cccc3ccccc23)c2cccnc12. The summed E-state index contributed by atoms with van der Waals surface area (Å²) >= 11 is 0. The second-order valence-corrected chi connectivity index (χ2v) is 8.94. The second-order valence-electron chi connectivity index (χ2n) is 8.94. The van der Waals surface area contributed by atoms with E-state index in [2.05, 4.69) is 71.8 Å². The first-order chi connectivity index (χ1) is 17.7. The van der Waals surface area contributed by atoms with E-state index >= 15 is 0 Å². The van der Waals surface area contributed by atoms with E-state index in [0.717, 1.165) is 60.6 Å². The normalized spacial score (nSPS) is 14.6. The lowest BCUT2D eigenvalue weighted by Crippen LogP contribution is -2.34. The highest BCUT2D eigenvalue weighted by molar-refractivity contribution is 6.36. The summed E-state index contributed by atoms with van der Waals surface area (Å²) in [6.45, 7) is 4.51. The molecule has 0 fully saturated rings. The van der Waals surface area contributed by atoms with Gasteiger partial charge in [0.05, 0.1) is 33.3 Å². The van der Waals surface area contributed by atoms with Gasteiger partial charge >= 0.3 is 0 Å². The van der Waals surface area contributed by atoms with E-state index < -0.39 is 0 Å². The molecule has 0 unspecified atom stereocenters. The van der Waals surface area contributed by atoms with Crippen molar-refractivity contribution in [3.63, 3.8) is 0 Å². The molecular weight excluding hydrogens is 440 g/mol. The largest absolute Gasteiger partial charge is 0.306 e. The van der Waals surface area contributed by atoms with Crippen LogP contribution in [-0.4, -0.2) is 15.4 Å². The van der Waals surface area contributed by atoms with Crippen molar-refractivity contribution in [2.24, 2.45) is 0 Å². The number of aromatic nitrogens is 2. The molecule has 0 amide bonds. The van der Waals surface area contributed by atoms with Crippen molar-refractivity contribution in [1.29, 1.82) is 5.41 Å². The van der Waals surface area contributed by atoms with Crippen LogP contribution in [-0.2, 0) is 0 Å². The Morgan fingerprint density at radius 1 is 0.694 bits per heavy atom. The maximum atomic E-state index is 9.44. The molecule has 0 aliphatic carbocycles. The van der Waals surface area contributed by atoms with Gasteiger partial charge in [0.15, 0.2) is 0 Å². The highest BCUT2D eigenvalue weighted by Gasteiger charge is 2.32. The Morgan fingerprint density at radius 2 is 1.42 bits per heavy atom. The standard InChI is InChI=1S/C32H22N4/c1-21-30-28(19-10-20-34-30)36(26-18-9-12-22-11-5-6-15-24(22)26)31(21)29-25-16-7-8-17-27(25)35(32(29)33)23-13-3-2-4-14-23/h2-20,33H,1H2/b31-29+,33-32?. The van der Waals surface area contributed by atoms with E-state index in [0.29, 0.717) is 5.84 Å². The second kappa shape index (κ2) is 7.79. The van der Waals surface area contributed by atoms with Gasteiger partial charge in [-0.05, 0) is 41.8 Å². The van der Waals surface area contributed by atoms with Crippen LogP contribution in [0.5, 0.6) is 0 Å². The molecule has 170 valence electrons. The van der Waals surface area contributed by atoms with Crippen LogP contribution in [0, 0.1) is 5.41 Å². The molecule has 36 heavy (non-hydrogen) atoms. The summed E-state index contributed by atoms with van der Waals surface area (Å²) in [7, 11) is 0. The maximum Gasteiger partial charge on any atom is 0.140 e. The van der Waals surface area contributed by atoms with Gasteiger partial charge in [-0.1, -0.05) is 79.4 Å². The first kappa shape index (κ1) is 20.4. The Balaban J connectivity index is 1.67. The van der Waals surface area contributed by atoms with Crippen LogP contribution >= 0.6 is 0 Å². The van der Waals surface area contributed by atoms with E-state index in [9.17, 15) is 5.41 Å². The Kier molecular flexibility index (Phi) is 4.42. The fraction of sp³-hybridized carbons (Fsp3) is 0. The molecule has 6 aromatic rings. The lowest BCUT2D eigenvalue weighted by atomic mass is 10.1. The predicted octanol–water partition coefficient (Wildman–Crippen LogP) is 5.92. The fourth-order valence-corrected chi connectivity index (χ4v) is 5.42. The highest BCUT2D eigenvalue weighted by Crippen LogP contribution is 2.40. The van der Waals surface area contributed by atoms with Crippen LogP contribution in [0.4, 0.5) is 11.4 Å².